The summed E-state index contributed by atoms with van der Waals surface area (Å²) in [6.45, 7) is 4.47. The average molecular weight is 264 g/mol. The number of carbonyl (C=O) groups is 1. The van der Waals surface area contributed by atoms with Crippen molar-refractivity contribution in [3.05, 3.63) is 29.8 Å². The minimum absolute atomic E-state index is 0.0175. The molecule has 0 saturated carbocycles. The number of morpholine rings is 1. The second-order valence-corrected chi connectivity index (χ2v) is 4.76. The van der Waals surface area contributed by atoms with E-state index < -0.39 is 0 Å². The van der Waals surface area contributed by atoms with Crippen LogP contribution in [0.1, 0.15) is 18.5 Å². The molecule has 1 aliphatic rings. The summed E-state index contributed by atoms with van der Waals surface area (Å²) in [5, 5.41) is 9.29. The highest BCUT2D eigenvalue weighted by Crippen LogP contribution is 2.22. The van der Waals surface area contributed by atoms with Gasteiger partial charge in [-0.05, 0) is 24.6 Å². The van der Waals surface area contributed by atoms with E-state index in [4.69, 9.17) is 4.74 Å². The van der Waals surface area contributed by atoms with E-state index in [0.29, 0.717) is 26.3 Å². The topological polar surface area (TPSA) is 53.0 Å². The Labute approximate surface area is 113 Å². The molecule has 1 atom stereocenters. The predicted octanol–water partition coefficient (Wildman–Crippen LogP) is 1.84. The maximum Gasteiger partial charge on any atom is 0.320 e. The molecule has 1 saturated heterocycles. The van der Waals surface area contributed by atoms with Gasteiger partial charge in [-0.3, -0.25) is 0 Å². The first kappa shape index (κ1) is 13.7. The van der Waals surface area contributed by atoms with E-state index in [1.165, 1.54) is 0 Å². The van der Waals surface area contributed by atoms with Crippen LogP contribution in [0.2, 0.25) is 0 Å². The summed E-state index contributed by atoms with van der Waals surface area (Å²) < 4.78 is 5.25. The SMILES string of the molecule is CC(c1ccc(O)cc1)N(C)C(=O)N1CCOCC1. The van der Waals surface area contributed by atoms with Crippen molar-refractivity contribution in [2.75, 3.05) is 33.4 Å². The Morgan fingerprint density at radius 3 is 2.47 bits per heavy atom. The summed E-state index contributed by atoms with van der Waals surface area (Å²) >= 11 is 0. The number of benzene rings is 1. The standard InChI is InChI=1S/C14H20N2O3/c1-11(12-3-5-13(17)6-4-12)15(2)14(18)16-7-9-19-10-8-16/h3-6,11,17H,7-10H2,1-2H3. The maximum absolute atomic E-state index is 12.3. The summed E-state index contributed by atoms with van der Waals surface area (Å²) in [4.78, 5) is 15.9. The van der Waals surface area contributed by atoms with Crippen LogP contribution >= 0.6 is 0 Å². The minimum atomic E-state index is -0.0315. The molecule has 5 heteroatoms. The third-order valence-corrected chi connectivity index (χ3v) is 3.54. The number of phenols is 1. The molecule has 1 fully saturated rings. The van der Waals surface area contributed by atoms with Crippen molar-refractivity contribution < 1.29 is 14.6 Å². The smallest absolute Gasteiger partial charge is 0.320 e. The van der Waals surface area contributed by atoms with Crippen molar-refractivity contribution in [1.82, 2.24) is 9.80 Å². The molecule has 2 amide bonds. The van der Waals surface area contributed by atoms with Crippen LogP contribution in [0.3, 0.4) is 0 Å². The molecule has 0 spiro atoms. The molecule has 0 radical (unpaired) electrons. The number of phenolic OH excluding ortho intramolecular Hbond substituents is 1. The normalized spacial score (nSPS) is 17.1. The molecular formula is C14H20N2O3. The van der Waals surface area contributed by atoms with Crippen LogP contribution in [0.15, 0.2) is 24.3 Å². The van der Waals surface area contributed by atoms with Gasteiger partial charge >= 0.3 is 6.03 Å². The van der Waals surface area contributed by atoms with E-state index in [9.17, 15) is 9.90 Å². The van der Waals surface area contributed by atoms with Crippen LogP contribution in [0.5, 0.6) is 5.75 Å². The highest BCUT2D eigenvalue weighted by atomic mass is 16.5. The molecule has 2 rings (SSSR count). The van der Waals surface area contributed by atoms with Gasteiger partial charge < -0.3 is 19.6 Å². The van der Waals surface area contributed by atoms with Crippen molar-refractivity contribution in [3.63, 3.8) is 0 Å². The number of urea groups is 1. The quantitative estimate of drug-likeness (QED) is 0.886. The summed E-state index contributed by atoms with van der Waals surface area (Å²) in [7, 11) is 1.80. The molecule has 1 aromatic carbocycles. The monoisotopic (exact) mass is 264 g/mol. The van der Waals surface area contributed by atoms with Crippen molar-refractivity contribution in [1.29, 1.82) is 0 Å². The second kappa shape index (κ2) is 5.93. The minimum Gasteiger partial charge on any atom is -0.508 e. The van der Waals surface area contributed by atoms with Crippen LogP contribution < -0.4 is 0 Å². The Morgan fingerprint density at radius 2 is 1.89 bits per heavy atom. The van der Waals surface area contributed by atoms with Gasteiger partial charge in [-0.2, -0.15) is 0 Å². The average Bonchev–Trinajstić information content (AvgIpc) is 2.46. The van der Waals surface area contributed by atoms with Gasteiger partial charge in [0, 0.05) is 20.1 Å². The molecule has 1 N–H and O–H groups in total. The lowest BCUT2D eigenvalue weighted by molar-refractivity contribution is 0.0426. The molecule has 19 heavy (non-hydrogen) atoms. The molecule has 1 heterocycles. The zero-order valence-corrected chi connectivity index (χ0v) is 11.4. The van der Waals surface area contributed by atoms with E-state index in [2.05, 4.69) is 0 Å². The first-order valence-corrected chi connectivity index (χ1v) is 6.48. The Hall–Kier alpha value is -1.75. The lowest BCUT2D eigenvalue weighted by Crippen LogP contribution is -2.47. The van der Waals surface area contributed by atoms with Crippen molar-refractivity contribution in [3.8, 4) is 5.75 Å². The van der Waals surface area contributed by atoms with Gasteiger partial charge in [0.05, 0.1) is 19.3 Å². The highest BCUT2D eigenvalue weighted by Gasteiger charge is 2.24. The van der Waals surface area contributed by atoms with Crippen LogP contribution in [0.25, 0.3) is 0 Å². The zero-order chi connectivity index (χ0) is 13.8. The molecule has 104 valence electrons. The van der Waals surface area contributed by atoms with E-state index >= 15 is 0 Å². The van der Waals surface area contributed by atoms with E-state index in [1.54, 1.807) is 29.0 Å². The van der Waals surface area contributed by atoms with E-state index in [1.807, 2.05) is 19.1 Å². The number of aromatic hydroxyl groups is 1. The molecule has 0 aliphatic carbocycles. The number of nitrogens with zero attached hydrogens (tertiary/aromatic N) is 2. The van der Waals surface area contributed by atoms with Gasteiger partial charge in [0.25, 0.3) is 0 Å². The van der Waals surface area contributed by atoms with Crippen LogP contribution in [-0.4, -0.2) is 54.3 Å². The van der Waals surface area contributed by atoms with Gasteiger partial charge in [0.1, 0.15) is 5.75 Å². The van der Waals surface area contributed by atoms with Crippen LogP contribution in [0.4, 0.5) is 4.79 Å². The second-order valence-electron chi connectivity index (χ2n) is 4.76. The van der Waals surface area contributed by atoms with E-state index in [-0.39, 0.29) is 17.8 Å². The number of ether oxygens (including phenoxy) is 1. The van der Waals surface area contributed by atoms with Crippen LogP contribution in [-0.2, 0) is 4.74 Å². The third-order valence-electron chi connectivity index (χ3n) is 3.54. The predicted molar refractivity (Wildman–Crippen MR) is 72.1 cm³/mol. The molecule has 0 bridgehead atoms. The fourth-order valence-corrected chi connectivity index (χ4v) is 2.12. The van der Waals surface area contributed by atoms with Crippen molar-refractivity contribution >= 4 is 6.03 Å². The molecule has 1 unspecified atom stereocenters. The van der Waals surface area contributed by atoms with Gasteiger partial charge in [-0.1, -0.05) is 12.1 Å². The fourth-order valence-electron chi connectivity index (χ4n) is 2.12. The largest absolute Gasteiger partial charge is 0.508 e. The number of hydrogen-bond acceptors (Lipinski definition) is 3. The number of rotatable bonds is 2. The van der Waals surface area contributed by atoms with Crippen LogP contribution in [0, 0.1) is 0 Å². The maximum atomic E-state index is 12.3. The first-order valence-electron chi connectivity index (χ1n) is 6.48. The number of amides is 2. The Kier molecular flexibility index (Phi) is 4.27. The highest BCUT2D eigenvalue weighted by molar-refractivity contribution is 5.74. The van der Waals surface area contributed by atoms with Gasteiger partial charge in [0.2, 0.25) is 0 Å². The Morgan fingerprint density at radius 1 is 1.32 bits per heavy atom. The molecule has 0 aromatic heterocycles. The summed E-state index contributed by atoms with van der Waals surface area (Å²) in [5.41, 5.74) is 1.00. The van der Waals surface area contributed by atoms with Crippen molar-refractivity contribution in [2.45, 2.75) is 13.0 Å². The molecule has 5 nitrogen and oxygen atoms in total. The third kappa shape index (κ3) is 3.17. The summed E-state index contributed by atoms with van der Waals surface area (Å²) in [5.74, 6) is 0.234. The van der Waals surface area contributed by atoms with Gasteiger partial charge in [-0.25, -0.2) is 4.79 Å². The van der Waals surface area contributed by atoms with Crippen molar-refractivity contribution in [2.24, 2.45) is 0 Å². The molecule has 1 aromatic rings. The summed E-state index contributed by atoms with van der Waals surface area (Å²) in [6.07, 6.45) is 0. The zero-order valence-electron chi connectivity index (χ0n) is 11.4. The Balaban J connectivity index is 2.03. The lowest BCUT2D eigenvalue weighted by Gasteiger charge is -2.34. The fraction of sp³-hybridized carbons (Fsp3) is 0.500. The van der Waals surface area contributed by atoms with Gasteiger partial charge in [-0.15, -0.1) is 0 Å². The molecule has 1 aliphatic heterocycles. The van der Waals surface area contributed by atoms with E-state index in [0.717, 1.165) is 5.56 Å². The van der Waals surface area contributed by atoms with Gasteiger partial charge in [0.15, 0.2) is 0 Å². The lowest BCUT2D eigenvalue weighted by atomic mass is 10.1. The first-order chi connectivity index (χ1) is 9.09. The molecular weight excluding hydrogens is 244 g/mol. The summed E-state index contributed by atoms with van der Waals surface area (Å²) in [6, 6.07) is 6.93. The number of carbonyl (C=O) groups excluding carboxylic acids is 1. The number of hydrogen-bond donors (Lipinski definition) is 1. The Bertz CT molecular complexity index is 427.